The quantitative estimate of drug-likeness (QED) is 0.681. The van der Waals surface area contributed by atoms with Gasteiger partial charge in [0.15, 0.2) is 9.84 Å². The SMILES string of the molecule is CC(CCCC(=O)O)NC(=O)CSC1CCS(=O)(=O)C1. The van der Waals surface area contributed by atoms with Crippen LogP contribution in [0.25, 0.3) is 0 Å². The highest BCUT2D eigenvalue weighted by Gasteiger charge is 2.28. The standard InChI is InChI=1S/C12H21NO5S2/c1-9(3-2-4-12(15)16)13-11(14)7-19-10-5-6-20(17,18)8-10/h9-10H,2-8H2,1H3,(H,13,14)(H,15,16). The second kappa shape index (κ2) is 7.87. The topological polar surface area (TPSA) is 101 Å². The molecule has 6 nitrogen and oxygen atoms in total. The normalized spacial score (nSPS) is 22.4. The number of sulfone groups is 1. The summed E-state index contributed by atoms with van der Waals surface area (Å²) < 4.78 is 22.5. The highest BCUT2D eigenvalue weighted by molar-refractivity contribution is 8.02. The Morgan fingerprint density at radius 3 is 2.70 bits per heavy atom. The van der Waals surface area contributed by atoms with E-state index in [1.165, 1.54) is 11.8 Å². The van der Waals surface area contributed by atoms with E-state index in [-0.39, 0.29) is 40.9 Å². The molecule has 0 aromatic heterocycles. The van der Waals surface area contributed by atoms with Gasteiger partial charge in [-0.05, 0) is 26.2 Å². The number of carbonyl (C=O) groups excluding carboxylic acids is 1. The van der Waals surface area contributed by atoms with Crippen molar-refractivity contribution >= 4 is 33.5 Å². The van der Waals surface area contributed by atoms with Crippen molar-refractivity contribution in [2.75, 3.05) is 17.3 Å². The van der Waals surface area contributed by atoms with E-state index in [1.54, 1.807) is 0 Å². The van der Waals surface area contributed by atoms with Gasteiger partial charge in [-0.1, -0.05) is 0 Å². The summed E-state index contributed by atoms with van der Waals surface area (Å²) in [6.07, 6.45) is 1.88. The summed E-state index contributed by atoms with van der Waals surface area (Å²) >= 11 is 1.38. The summed E-state index contributed by atoms with van der Waals surface area (Å²) in [6, 6.07) is -0.0604. The molecule has 1 aliphatic rings. The van der Waals surface area contributed by atoms with Gasteiger partial charge in [-0.3, -0.25) is 9.59 Å². The van der Waals surface area contributed by atoms with Crippen LogP contribution < -0.4 is 5.32 Å². The van der Waals surface area contributed by atoms with Crippen LogP contribution in [0.3, 0.4) is 0 Å². The Kier molecular flexibility index (Phi) is 6.81. The number of aliphatic carboxylic acids is 1. The maximum atomic E-state index is 11.7. The van der Waals surface area contributed by atoms with Crippen molar-refractivity contribution in [2.45, 2.75) is 43.9 Å². The summed E-state index contributed by atoms with van der Waals surface area (Å²) in [4.78, 5) is 22.0. The van der Waals surface area contributed by atoms with Crippen LogP contribution in [-0.2, 0) is 19.4 Å². The van der Waals surface area contributed by atoms with Crippen LogP contribution in [0.15, 0.2) is 0 Å². The molecule has 0 saturated carbocycles. The van der Waals surface area contributed by atoms with Crippen molar-refractivity contribution in [3.63, 3.8) is 0 Å². The molecule has 2 N–H and O–H groups in total. The predicted molar refractivity (Wildman–Crippen MR) is 78.6 cm³/mol. The fraction of sp³-hybridized carbons (Fsp3) is 0.833. The van der Waals surface area contributed by atoms with E-state index in [2.05, 4.69) is 5.32 Å². The average Bonchev–Trinajstić information content (AvgIpc) is 2.66. The predicted octanol–water partition coefficient (Wildman–Crippen LogP) is 0.666. The molecule has 20 heavy (non-hydrogen) atoms. The molecule has 0 aromatic rings. The van der Waals surface area contributed by atoms with Crippen LogP contribution in [-0.4, -0.2) is 54.0 Å². The summed E-state index contributed by atoms with van der Waals surface area (Å²) in [7, 11) is -2.89. The molecule has 8 heteroatoms. The lowest BCUT2D eigenvalue weighted by Crippen LogP contribution is -2.34. The smallest absolute Gasteiger partial charge is 0.303 e. The number of hydrogen-bond acceptors (Lipinski definition) is 5. The molecule has 0 aliphatic carbocycles. The van der Waals surface area contributed by atoms with Crippen LogP contribution in [0.1, 0.15) is 32.6 Å². The van der Waals surface area contributed by atoms with E-state index in [4.69, 9.17) is 5.11 Å². The van der Waals surface area contributed by atoms with Crippen molar-refractivity contribution in [3.8, 4) is 0 Å². The molecule has 1 fully saturated rings. The summed E-state index contributed by atoms with van der Waals surface area (Å²) in [6.45, 7) is 1.84. The number of carbonyl (C=O) groups is 2. The van der Waals surface area contributed by atoms with Crippen molar-refractivity contribution < 1.29 is 23.1 Å². The van der Waals surface area contributed by atoms with Crippen molar-refractivity contribution in [1.29, 1.82) is 0 Å². The zero-order valence-corrected chi connectivity index (χ0v) is 13.1. The van der Waals surface area contributed by atoms with Gasteiger partial charge in [-0.25, -0.2) is 8.42 Å². The molecule has 1 rings (SSSR count). The van der Waals surface area contributed by atoms with Gasteiger partial charge in [-0.15, -0.1) is 11.8 Å². The molecule has 1 saturated heterocycles. The molecule has 0 aromatic carbocycles. The van der Waals surface area contributed by atoms with Crippen LogP contribution in [0, 0.1) is 0 Å². The summed E-state index contributed by atoms with van der Waals surface area (Å²) in [5.41, 5.74) is 0. The Morgan fingerprint density at radius 2 is 2.15 bits per heavy atom. The van der Waals surface area contributed by atoms with Crippen LogP contribution in [0.5, 0.6) is 0 Å². The Hall–Kier alpha value is -0.760. The van der Waals surface area contributed by atoms with E-state index in [1.807, 2.05) is 6.92 Å². The lowest BCUT2D eigenvalue weighted by Gasteiger charge is -2.14. The largest absolute Gasteiger partial charge is 0.481 e. The minimum absolute atomic E-state index is 0.0214. The molecule has 1 amide bonds. The first kappa shape index (κ1) is 17.3. The second-order valence-electron chi connectivity index (χ2n) is 5.09. The average molecular weight is 323 g/mol. The molecule has 1 aliphatic heterocycles. The monoisotopic (exact) mass is 323 g/mol. The third-order valence-electron chi connectivity index (χ3n) is 3.08. The van der Waals surface area contributed by atoms with E-state index in [9.17, 15) is 18.0 Å². The Bertz CT molecular complexity index is 449. The lowest BCUT2D eigenvalue weighted by atomic mass is 10.1. The third kappa shape index (κ3) is 7.14. The second-order valence-corrected chi connectivity index (χ2v) is 8.61. The number of nitrogens with one attached hydrogen (secondary N) is 1. The molecule has 2 unspecified atom stereocenters. The van der Waals surface area contributed by atoms with Gasteiger partial charge in [0.2, 0.25) is 5.91 Å². The van der Waals surface area contributed by atoms with Crippen molar-refractivity contribution in [2.24, 2.45) is 0 Å². The molecule has 0 spiro atoms. The molecule has 2 atom stereocenters. The maximum absolute atomic E-state index is 11.7. The van der Waals surface area contributed by atoms with E-state index in [0.29, 0.717) is 19.3 Å². The van der Waals surface area contributed by atoms with Crippen LogP contribution >= 0.6 is 11.8 Å². The molecule has 1 heterocycles. The zero-order chi connectivity index (χ0) is 15.2. The maximum Gasteiger partial charge on any atom is 0.303 e. The highest BCUT2D eigenvalue weighted by atomic mass is 32.2. The minimum Gasteiger partial charge on any atom is -0.481 e. The highest BCUT2D eigenvalue weighted by Crippen LogP contribution is 2.23. The van der Waals surface area contributed by atoms with Gasteiger partial charge < -0.3 is 10.4 Å². The van der Waals surface area contributed by atoms with Gasteiger partial charge in [-0.2, -0.15) is 0 Å². The number of thioether (sulfide) groups is 1. The Labute approximate surface area is 123 Å². The molecule has 0 bridgehead atoms. The van der Waals surface area contributed by atoms with Gasteiger partial charge in [0.05, 0.1) is 17.3 Å². The first-order chi connectivity index (χ1) is 9.28. The first-order valence-electron chi connectivity index (χ1n) is 6.61. The molecule has 116 valence electrons. The summed E-state index contributed by atoms with van der Waals surface area (Å²) in [5.74, 6) is -0.316. The van der Waals surface area contributed by atoms with Gasteiger partial charge in [0.1, 0.15) is 0 Å². The van der Waals surface area contributed by atoms with Gasteiger partial charge in [0.25, 0.3) is 0 Å². The van der Waals surface area contributed by atoms with Crippen molar-refractivity contribution in [1.82, 2.24) is 5.32 Å². The number of carboxylic acid groups (broad SMARTS) is 1. The lowest BCUT2D eigenvalue weighted by molar-refractivity contribution is -0.137. The Morgan fingerprint density at radius 1 is 1.45 bits per heavy atom. The van der Waals surface area contributed by atoms with E-state index >= 15 is 0 Å². The number of carboxylic acids is 1. The zero-order valence-electron chi connectivity index (χ0n) is 11.5. The van der Waals surface area contributed by atoms with E-state index in [0.717, 1.165) is 0 Å². The first-order valence-corrected chi connectivity index (χ1v) is 9.48. The Balaban J connectivity index is 2.15. The molecular weight excluding hydrogens is 302 g/mol. The molecule has 0 radical (unpaired) electrons. The van der Waals surface area contributed by atoms with E-state index < -0.39 is 15.8 Å². The van der Waals surface area contributed by atoms with Gasteiger partial charge in [0, 0.05) is 17.7 Å². The number of amides is 1. The fourth-order valence-electron chi connectivity index (χ4n) is 2.03. The number of hydrogen-bond donors (Lipinski definition) is 2. The number of rotatable bonds is 8. The molecular formula is C12H21NO5S2. The van der Waals surface area contributed by atoms with Crippen LogP contribution in [0.4, 0.5) is 0 Å². The minimum atomic E-state index is -2.89. The third-order valence-corrected chi connectivity index (χ3v) is 6.36. The van der Waals surface area contributed by atoms with Gasteiger partial charge >= 0.3 is 5.97 Å². The van der Waals surface area contributed by atoms with Crippen molar-refractivity contribution in [3.05, 3.63) is 0 Å². The van der Waals surface area contributed by atoms with Crippen LogP contribution in [0.2, 0.25) is 0 Å². The summed E-state index contributed by atoms with van der Waals surface area (Å²) in [5, 5.41) is 11.3. The fourth-order valence-corrected chi connectivity index (χ4v) is 5.49.